The van der Waals surface area contributed by atoms with Crippen molar-refractivity contribution in [2.24, 2.45) is 0 Å². The maximum atomic E-state index is 13.1. The minimum absolute atomic E-state index is 0.00195. The predicted molar refractivity (Wildman–Crippen MR) is 87.6 cm³/mol. The predicted octanol–water partition coefficient (Wildman–Crippen LogP) is 3.49. The molecule has 134 valence electrons. The Bertz CT molecular complexity index is 1010. The van der Waals surface area contributed by atoms with Gasteiger partial charge in [-0.1, -0.05) is 24.3 Å². The van der Waals surface area contributed by atoms with Crippen LogP contribution in [0.15, 0.2) is 36.4 Å². The van der Waals surface area contributed by atoms with Crippen molar-refractivity contribution in [1.82, 2.24) is 15.1 Å². The van der Waals surface area contributed by atoms with Crippen LogP contribution in [0.3, 0.4) is 0 Å². The zero-order valence-electron chi connectivity index (χ0n) is 13.5. The van der Waals surface area contributed by atoms with Gasteiger partial charge < -0.3 is 10.0 Å². The second kappa shape index (κ2) is 5.76. The van der Waals surface area contributed by atoms with E-state index in [0.29, 0.717) is 16.5 Å². The van der Waals surface area contributed by atoms with Gasteiger partial charge in [0.1, 0.15) is 5.75 Å². The molecular formula is C18H14F3N3O2. The van der Waals surface area contributed by atoms with E-state index >= 15 is 0 Å². The number of halogens is 3. The molecule has 1 aliphatic rings. The number of phenols is 1. The van der Waals surface area contributed by atoms with Crippen LogP contribution >= 0.6 is 0 Å². The first kappa shape index (κ1) is 16.4. The van der Waals surface area contributed by atoms with Gasteiger partial charge in [-0.15, -0.1) is 0 Å². The molecule has 3 aromatic rings. The molecule has 2 N–H and O–H groups in total. The number of nitrogens with one attached hydrogen (secondary N) is 1. The number of nitrogens with zero attached hydrogens (tertiary/aromatic N) is 2. The average Bonchev–Trinajstić information content (AvgIpc) is 3.04. The second-order valence-electron chi connectivity index (χ2n) is 6.22. The quantitative estimate of drug-likeness (QED) is 0.697. The molecule has 1 amide bonds. The van der Waals surface area contributed by atoms with E-state index < -0.39 is 17.8 Å². The number of fused-ring (bicyclic) bond motifs is 2. The number of aromatic amines is 1. The number of hydrogen-bond donors (Lipinski definition) is 2. The van der Waals surface area contributed by atoms with Gasteiger partial charge in [0.05, 0.1) is 0 Å². The summed E-state index contributed by atoms with van der Waals surface area (Å²) >= 11 is 0. The summed E-state index contributed by atoms with van der Waals surface area (Å²) in [4.78, 5) is 14.1. The highest BCUT2D eigenvalue weighted by Gasteiger charge is 2.39. The van der Waals surface area contributed by atoms with Crippen molar-refractivity contribution in [3.8, 4) is 5.75 Å². The van der Waals surface area contributed by atoms with Crippen LogP contribution in [0.1, 0.15) is 27.3 Å². The molecule has 2 aromatic carbocycles. The van der Waals surface area contributed by atoms with E-state index in [1.165, 1.54) is 11.0 Å². The van der Waals surface area contributed by atoms with Gasteiger partial charge in [-0.3, -0.25) is 9.89 Å². The van der Waals surface area contributed by atoms with Crippen molar-refractivity contribution in [3.63, 3.8) is 0 Å². The number of H-pyrrole nitrogens is 1. The van der Waals surface area contributed by atoms with Crippen LogP contribution in [-0.4, -0.2) is 32.7 Å². The first-order valence-corrected chi connectivity index (χ1v) is 7.99. The fraction of sp³-hybridized carbons (Fsp3) is 0.222. The van der Waals surface area contributed by atoms with Crippen molar-refractivity contribution in [2.45, 2.75) is 19.1 Å². The third kappa shape index (κ3) is 2.67. The van der Waals surface area contributed by atoms with Gasteiger partial charge in [0.2, 0.25) is 0 Å². The number of hydrogen-bond acceptors (Lipinski definition) is 3. The van der Waals surface area contributed by atoms with Gasteiger partial charge in [0.25, 0.3) is 5.91 Å². The summed E-state index contributed by atoms with van der Waals surface area (Å²) in [6.45, 7) is 0.103. The molecule has 5 nitrogen and oxygen atoms in total. The standard InChI is InChI=1S/C18H14F3N3O2/c19-18(20,21)16-13-9-24(6-5-14(13)22-23-16)17(26)11-7-10-3-1-2-4-12(10)15(25)8-11/h1-4,7-8,25H,5-6,9H2,(H,22,23). The van der Waals surface area contributed by atoms with E-state index in [1.807, 2.05) is 0 Å². The molecule has 0 radical (unpaired) electrons. The van der Waals surface area contributed by atoms with Crippen molar-refractivity contribution in [1.29, 1.82) is 0 Å². The SMILES string of the molecule is O=C(c1cc(O)c2ccccc2c1)N1CCc2[nH]nc(C(F)(F)F)c2C1. The zero-order chi connectivity index (χ0) is 18.5. The summed E-state index contributed by atoms with van der Waals surface area (Å²) in [7, 11) is 0. The third-order valence-electron chi connectivity index (χ3n) is 4.58. The maximum absolute atomic E-state index is 13.1. The lowest BCUT2D eigenvalue weighted by molar-refractivity contribution is -0.142. The van der Waals surface area contributed by atoms with Crippen LogP contribution in [0.2, 0.25) is 0 Å². The summed E-state index contributed by atoms with van der Waals surface area (Å²) in [5, 5.41) is 17.2. The van der Waals surface area contributed by atoms with Gasteiger partial charge in [0, 0.05) is 41.7 Å². The molecule has 0 fully saturated rings. The fourth-order valence-corrected chi connectivity index (χ4v) is 3.30. The molecule has 0 aliphatic carbocycles. The number of alkyl halides is 3. The monoisotopic (exact) mass is 361 g/mol. The first-order chi connectivity index (χ1) is 12.3. The Morgan fingerprint density at radius 1 is 1.23 bits per heavy atom. The van der Waals surface area contributed by atoms with Crippen LogP contribution in [-0.2, 0) is 19.1 Å². The van der Waals surface area contributed by atoms with Crippen molar-refractivity contribution in [3.05, 3.63) is 58.9 Å². The molecule has 0 saturated carbocycles. The summed E-state index contributed by atoms with van der Waals surface area (Å²) in [6, 6.07) is 10.0. The van der Waals surface area contributed by atoms with Crippen LogP contribution in [0.5, 0.6) is 5.75 Å². The second-order valence-corrected chi connectivity index (χ2v) is 6.22. The van der Waals surface area contributed by atoms with Crippen molar-refractivity contribution in [2.75, 3.05) is 6.54 Å². The molecule has 0 saturated heterocycles. The van der Waals surface area contributed by atoms with Gasteiger partial charge in [-0.05, 0) is 17.5 Å². The zero-order valence-corrected chi connectivity index (χ0v) is 13.5. The molecule has 0 atom stereocenters. The summed E-state index contributed by atoms with van der Waals surface area (Å²) in [6.07, 6.45) is -4.30. The lowest BCUT2D eigenvalue weighted by Gasteiger charge is -2.27. The molecule has 26 heavy (non-hydrogen) atoms. The number of carbonyl (C=O) groups excluding carboxylic acids is 1. The van der Waals surface area contributed by atoms with E-state index in [9.17, 15) is 23.1 Å². The molecule has 4 rings (SSSR count). The Balaban J connectivity index is 1.67. The van der Waals surface area contributed by atoms with E-state index in [0.717, 1.165) is 0 Å². The Labute approximate surface area is 146 Å². The van der Waals surface area contributed by atoms with Crippen LogP contribution in [0.25, 0.3) is 10.8 Å². The minimum atomic E-state index is -4.57. The van der Waals surface area contributed by atoms with E-state index in [-0.39, 0.29) is 36.4 Å². The minimum Gasteiger partial charge on any atom is -0.507 e. The molecule has 0 unspecified atom stereocenters. The number of rotatable bonds is 1. The van der Waals surface area contributed by atoms with Crippen LogP contribution in [0, 0.1) is 0 Å². The average molecular weight is 361 g/mol. The highest BCUT2D eigenvalue weighted by atomic mass is 19.4. The van der Waals surface area contributed by atoms with Gasteiger partial charge in [0.15, 0.2) is 5.69 Å². The van der Waals surface area contributed by atoms with E-state index in [1.54, 1.807) is 30.3 Å². The number of benzene rings is 2. The van der Waals surface area contributed by atoms with E-state index in [4.69, 9.17) is 0 Å². The normalized spacial score (nSPS) is 14.5. The third-order valence-corrected chi connectivity index (χ3v) is 4.58. The topological polar surface area (TPSA) is 69.2 Å². The van der Waals surface area contributed by atoms with Gasteiger partial charge >= 0.3 is 6.18 Å². The van der Waals surface area contributed by atoms with Gasteiger partial charge in [-0.2, -0.15) is 18.3 Å². The first-order valence-electron chi connectivity index (χ1n) is 7.99. The smallest absolute Gasteiger partial charge is 0.435 e. The highest BCUT2D eigenvalue weighted by molar-refractivity contribution is 6.00. The lowest BCUT2D eigenvalue weighted by atomic mass is 10.0. The molecular weight excluding hydrogens is 347 g/mol. The number of carbonyl (C=O) groups is 1. The summed E-state index contributed by atoms with van der Waals surface area (Å²) in [5.74, 6) is -0.463. The lowest BCUT2D eigenvalue weighted by Crippen LogP contribution is -2.36. The summed E-state index contributed by atoms with van der Waals surface area (Å²) < 4.78 is 39.2. The molecule has 2 heterocycles. The van der Waals surface area contributed by atoms with Crippen LogP contribution in [0.4, 0.5) is 13.2 Å². The molecule has 1 aromatic heterocycles. The van der Waals surface area contributed by atoms with Crippen molar-refractivity contribution >= 4 is 16.7 Å². The Morgan fingerprint density at radius 3 is 2.77 bits per heavy atom. The molecule has 0 bridgehead atoms. The Morgan fingerprint density at radius 2 is 2.00 bits per heavy atom. The summed E-state index contributed by atoms with van der Waals surface area (Å²) in [5.41, 5.74) is -0.335. The maximum Gasteiger partial charge on any atom is 0.435 e. The molecule has 1 aliphatic heterocycles. The van der Waals surface area contributed by atoms with Crippen LogP contribution < -0.4 is 0 Å². The van der Waals surface area contributed by atoms with E-state index in [2.05, 4.69) is 10.2 Å². The number of aromatic hydroxyl groups is 1. The Kier molecular flexibility index (Phi) is 3.64. The number of amides is 1. The number of phenolic OH excluding ortho intramolecular Hbond substituents is 1. The molecule has 8 heteroatoms. The largest absolute Gasteiger partial charge is 0.507 e. The van der Waals surface area contributed by atoms with Gasteiger partial charge in [-0.25, -0.2) is 0 Å². The fourth-order valence-electron chi connectivity index (χ4n) is 3.30. The molecule has 0 spiro atoms. The van der Waals surface area contributed by atoms with Crippen molar-refractivity contribution < 1.29 is 23.1 Å². The highest BCUT2D eigenvalue weighted by Crippen LogP contribution is 2.34. The number of aromatic nitrogens is 2. The Hall–Kier alpha value is -3.03.